The number of rotatable bonds is 7. The first-order chi connectivity index (χ1) is 14.7. The number of carbonyl (C=O) groups is 2. The van der Waals surface area contributed by atoms with Gasteiger partial charge in [-0.2, -0.15) is 0 Å². The van der Waals surface area contributed by atoms with E-state index in [0.29, 0.717) is 26.9 Å². The Morgan fingerprint density at radius 2 is 1.71 bits per heavy atom. The monoisotopic (exact) mass is 444 g/mol. The molecule has 1 aliphatic rings. The predicted octanol–water partition coefficient (Wildman–Crippen LogP) is 2.23. The minimum absolute atomic E-state index is 0.0675. The molecule has 0 spiro atoms. The van der Waals surface area contributed by atoms with Gasteiger partial charge in [0.15, 0.2) is 0 Å². The van der Waals surface area contributed by atoms with E-state index in [1.165, 1.54) is 21.1 Å². The maximum atomic E-state index is 13.0. The highest BCUT2D eigenvalue weighted by Gasteiger charge is 2.43. The van der Waals surface area contributed by atoms with Crippen LogP contribution in [0.2, 0.25) is 0 Å². The van der Waals surface area contributed by atoms with Gasteiger partial charge in [0, 0.05) is 23.7 Å². The average molecular weight is 445 g/mol. The molecule has 0 bridgehead atoms. The number of nitrogens with one attached hydrogen (secondary N) is 1. The van der Waals surface area contributed by atoms with E-state index in [1.54, 1.807) is 42.5 Å². The second-order valence-corrected chi connectivity index (χ2v) is 8.89. The van der Waals surface area contributed by atoms with Crippen molar-refractivity contribution in [2.45, 2.75) is 20.4 Å². The van der Waals surface area contributed by atoms with Gasteiger partial charge >= 0.3 is 0 Å². The first-order valence-electron chi connectivity index (χ1n) is 9.51. The standard InChI is InChI=1S/C22H24N2O6S/c1-14-5-7-16(8-6-14)21-15(2)22(26)24(31(21,27)28)13-20(25)23-12-17-9-10-18(29-3)11-19(17)30-4/h5-11H,12-13H2,1-4H3,(H,23,25). The van der Waals surface area contributed by atoms with Crippen molar-refractivity contribution < 1.29 is 27.5 Å². The Hall–Kier alpha value is -3.33. The topological polar surface area (TPSA) is 102 Å². The summed E-state index contributed by atoms with van der Waals surface area (Å²) in [6.07, 6.45) is 0. The minimum atomic E-state index is -4.13. The van der Waals surface area contributed by atoms with E-state index < -0.39 is 28.4 Å². The van der Waals surface area contributed by atoms with Gasteiger partial charge < -0.3 is 14.8 Å². The molecule has 1 aliphatic heterocycles. The summed E-state index contributed by atoms with van der Waals surface area (Å²) >= 11 is 0. The smallest absolute Gasteiger partial charge is 0.268 e. The van der Waals surface area contributed by atoms with E-state index in [1.807, 2.05) is 6.92 Å². The number of hydrogen-bond donors (Lipinski definition) is 1. The fraction of sp³-hybridized carbons (Fsp3) is 0.273. The third-order valence-electron chi connectivity index (χ3n) is 5.01. The number of ether oxygens (including phenoxy) is 2. The number of benzene rings is 2. The Morgan fingerprint density at radius 1 is 1.03 bits per heavy atom. The third-order valence-corrected chi connectivity index (χ3v) is 6.94. The molecule has 0 aliphatic carbocycles. The molecular formula is C22H24N2O6S. The summed E-state index contributed by atoms with van der Waals surface area (Å²) in [5.74, 6) is -0.185. The summed E-state index contributed by atoms with van der Waals surface area (Å²) < 4.78 is 37.1. The summed E-state index contributed by atoms with van der Waals surface area (Å²) in [5, 5.41) is 2.64. The van der Waals surface area contributed by atoms with Gasteiger partial charge in [-0.25, -0.2) is 12.7 Å². The molecule has 8 nitrogen and oxygen atoms in total. The highest BCUT2D eigenvalue weighted by Crippen LogP contribution is 2.35. The zero-order chi connectivity index (χ0) is 22.8. The molecule has 0 unspecified atom stereocenters. The van der Waals surface area contributed by atoms with Crippen molar-refractivity contribution in [3.8, 4) is 11.5 Å². The zero-order valence-corrected chi connectivity index (χ0v) is 18.6. The fourth-order valence-corrected chi connectivity index (χ4v) is 5.07. The van der Waals surface area contributed by atoms with Crippen LogP contribution in [0.15, 0.2) is 48.0 Å². The molecule has 31 heavy (non-hydrogen) atoms. The second kappa shape index (κ2) is 8.81. The summed E-state index contributed by atoms with van der Waals surface area (Å²) in [6, 6.07) is 12.0. The maximum absolute atomic E-state index is 13.0. The van der Waals surface area contributed by atoms with Crippen LogP contribution in [0.25, 0.3) is 4.91 Å². The Morgan fingerprint density at radius 3 is 2.32 bits per heavy atom. The van der Waals surface area contributed by atoms with Crippen molar-refractivity contribution in [3.63, 3.8) is 0 Å². The zero-order valence-electron chi connectivity index (χ0n) is 17.8. The van der Waals surface area contributed by atoms with Crippen molar-refractivity contribution >= 4 is 26.7 Å². The van der Waals surface area contributed by atoms with E-state index in [-0.39, 0.29) is 17.0 Å². The molecule has 1 heterocycles. The van der Waals surface area contributed by atoms with Crippen molar-refractivity contribution in [2.24, 2.45) is 0 Å². The summed E-state index contributed by atoms with van der Waals surface area (Å²) in [7, 11) is -1.10. The Bertz CT molecular complexity index is 1150. The largest absolute Gasteiger partial charge is 0.497 e. The second-order valence-electron chi connectivity index (χ2n) is 7.09. The van der Waals surface area contributed by atoms with Crippen molar-refractivity contribution in [1.29, 1.82) is 0 Å². The molecular weight excluding hydrogens is 420 g/mol. The van der Waals surface area contributed by atoms with Gasteiger partial charge in [-0.1, -0.05) is 29.8 Å². The molecule has 0 atom stereocenters. The van der Waals surface area contributed by atoms with Crippen molar-refractivity contribution in [1.82, 2.24) is 9.62 Å². The van der Waals surface area contributed by atoms with Crippen molar-refractivity contribution in [2.75, 3.05) is 20.8 Å². The average Bonchev–Trinajstić information content (AvgIpc) is 2.92. The van der Waals surface area contributed by atoms with Crippen LogP contribution < -0.4 is 14.8 Å². The molecule has 0 saturated heterocycles. The number of amides is 2. The van der Waals surface area contributed by atoms with Gasteiger partial charge in [-0.15, -0.1) is 0 Å². The van der Waals surface area contributed by atoms with E-state index in [4.69, 9.17) is 9.47 Å². The number of methoxy groups -OCH3 is 2. The van der Waals surface area contributed by atoms with Crippen LogP contribution in [-0.4, -0.2) is 45.3 Å². The molecule has 1 N–H and O–H groups in total. The van der Waals surface area contributed by atoms with Crippen molar-refractivity contribution in [3.05, 3.63) is 64.7 Å². The van der Waals surface area contributed by atoms with Gasteiger partial charge in [-0.3, -0.25) is 9.59 Å². The molecule has 2 aromatic rings. The minimum Gasteiger partial charge on any atom is -0.497 e. The molecule has 0 radical (unpaired) electrons. The number of aryl methyl sites for hydroxylation is 1. The van der Waals surface area contributed by atoms with E-state index in [0.717, 1.165) is 5.56 Å². The van der Waals surface area contributed by atoms with Gasteiger partial charge in [0.2, 0.25) is 5.91 Å². The van der Waals surface area contributed by atoms with Gasteiger partial charge in [0.05, 0.1) is 14.2 Å². The fourth-order valence-electron chi connectivity index (χ4n) is 3.30. The molecule has 0 aromatic heterocycles. The lowest BCUT2D eigenvalue weighted by Crippen LogP contribution is -2.40. The number of sulfonamides is 1. The maximum Gasteiger partial charge on any atom is 0.268 e. The van der Waals surface area contributed by atoms with Crippen LogP contribution in [0, 0.1) is 6.92 Å². The lowest BCUT2D eigenvalue weighted by molar-refractivity contribution is -0.128. The lowest BCUT2D eigenvalue weighted by Gasteiger charge is -2.17. The van der Waals surface area contributed by atoms with Crippen LogP contribution in [0.1, 0.15) is 23.6 Å². The molecule has 3 rings (SSSR count). The van der Waals surface area contributed by atoms with E-state index >= 15 is 0 Å². The first kappa shape index (κ1) is 22.4. The molecule has 0 saturated carbocycles. The van der Waals surface area contributed by atoms with Crippen LogP contribution in [0.5, 0.6) is 11.5 Å². The lowest BCUT2D eigenvalue weighted by atomic mass is 10.1. The van der Waals surface area contributed by atoms with Crippen LogP contribution in [-0.2, 0) is 26.2 Å². The Kier molecular flexibility index (Phi) is 6.35. The van der Waals surface area contributed by atoms with Crippen LogP contribution in [0.4, 0.5) is 0 Å². The normalized spacial score (nSPS) is 15.2. The number of hydrogen-bond acceptors (Lipinski definition) is 6. The number of nitrogens with zero attached hydrogens (tertiary/aromatic N) is 1. The molecule has 2 aromatic carbocycles. The van der Waals surface area contributed by atoms with Gasteiger partial charge in [0.25, 0.3) is 15.9 Å². The Balaban J connectivity index is 1.74. The third kappa shape index (κ3) is 4.41. The molecule has 164 valence electrons. The first-order valence-corrected chi connectivity index (χ1v) is 11.0. The number of carbonyl (C=O) groups excluding carboxylic acids is 2. The molecule has 2 amide bonds. The van der Waals surface area contributed by atoms with E-state index in [2.05, 4.69) is 5.32 Å². The quantitative estimate of drug-likeness (QED) is 0.703. The highest BCUT2D eigenvalue weighted by molar-refractivity contribution is 7.99. The van der Waals surface area contributed by atoms with Gasteiger partial charge in [0.1, 0.15) is 22.9 Å². The summed E-state index contributed by atoms with van der Waals surface area (Å²) in [6.45, 7) is 2.83. The SMILES string of the molecule is COc1ccc(CNC(=O)CN2C(=O)C(C)=C(c3ccc(C)cc3)S2(=O)=O)c(OC)c1. The van der Waals surface area contributed by atoms with Crippen LogP contribution >= 0.6 is 0 Å². The van der Waals surface area contributed by atoms with E-state index in [9.17, 15) is 18.0 Å². The van der Waals surface area contributed by atoms with Gasteiger partial charge in [-0.05, 0) is 31.5 Å². The summed E-state index contributed by atoms with van der Waals surface area (Å²) in [4.78, 5) is 25.0. The summed E-state index contributed by atoms with van der Waals surface area (Å²) in [5.41, 5.74) is 2.16. The highest BCUT2D eigenvalue weighted by atomic mass is 32.2. The molecule has 9 heteroatoms. The van der Waals surface area contributed by atoms with Crippen LogP contribution in [0.3, 0.4) is 0 Å². The molecule has 0 fully saturated rings. The Labute approximate surface area is 181 Å². The predicted molar refractivity (Wildman–Crippen MR) is 116 cm³/mol.